The van der Waals surface area contributed by atoms with Crippen molar-refractivity contribution in [3.05, 3.63) is 59.5 Å². The second-order valence-electron chi connectivity index (χ2n) is 4.86. The van der Waals surface area contributed by atoms with E-state index in [4.69, 9.17) is 5.14 Å². The molecule has 124 valence electrons. The third kappa shape index (κ3) is 3.58. The topological polar surface area (TPSA) is 85.1 Å². The van der Waals surface area contributed by atoms with Gasteiger partial charge in [-0.25, -0.2) is 27.3 Å². The number of nitrogens with two attached hydrogens (primary N) is 1. The first-order chi connectivity index (χ1) is 11.3. The standard InChI is InChI=1S/C15H11F2N3O2S2/c16-9-1-6-12(13(17)7-9)14-8-23-15(20-14)19-10-2-4-11(5-3-10)24(18,21)22/h1-8H,(H,19,20)(H2,18,21,22). The summed E-state index contributed by atoms with van der Waals surface area (Å²) in [6.45, 7) is 0. The average molecular weight is 367 g/mol. The first-order valence-electron chi connectivity index (χ1n) is 6.64. The zero-order chi connectivity index (χ0) is 17.3. The van der Waals surface area contributed by atoms with Gasteiger partial charge in [0.1, 0.15) is 11.6 Å². The van der Waals surface area contributed by atoms with Gasteiger partial charge in [0.15, 0.2) is 5.13 Å². The molecule has 0 saturated carbocycles. The Labute approximate surface area is 140 Å². The van der Waals surface area contributed by atoms with E-state index in [9.17, 15) is 17.2 Å². The highest BCUT2D eigenvalue weighted by atomic mass is 32.2. The van der Waals surface area contributed by atoms with Crippen LogP contribution in [-0.2, 0) is 10.0 Å². The fourth-order valence-electron chi connectivity index (χ4n) is 2.00. The van der Waals surface area contributed by atoms with Gasteiger partial charge >= 0.3 is 0 Å². The van der Waals surface area contributed by atoms with Gasteiger partial charge in [0.25, 0.3) is 0 Å². The lowest BCUT2D eigenvalue weighted by Gasteiger charge is -2.04. The maximum atomic E-state index is 13.8. The SMILES string of the molecule is NS(=O)(=O)c1ccc(Nc2nc(-c3ccc(F)cc3F)cs2)cc1. The van der Waals surface area contributed by atoms with E-state index in [1.807, 2.05) is 0 Å². The molecule has 0 aliphatic heterocycles. The molecule has 9 heteroatoms. The molecule has 0 amide bonds. The number of primary sulfonamides is 1. The van der Waals surface area contributed by atoms with Crippen molar-refractivity contribution in [2.24, 2.45) is 5.14 Å². The van der Waals surface area contributed by atoms with E-state index in [0.717, 1.165) is 12.1 Å². The second-order valence-corrected chi connectivity index (χ2v) is 7.28. The lowest BCUT2D eigenvalue weighted by Crippen LogP contribution is -2.11. The molecule has 0 spiro atoms. The summed E-state index contributed by atoms with van der Waals surface area (Å²) in [4.78, 5) is 4.24. The zero-order valence-electron chi connectivity index (χ0n) is 12.0. The number of rotatable bonds is 4. The van der Waals surface area contributed by atoms with Crippen LogP contribution in [-0.4, -0.2) is 13.4 Å². The Balaban J connectivity index is 1.81. The van der Waals surface area contributed by atoms with Gasteiger partial charge in [0.05, 0.1) is 10.6 Å². The molecule has 3 aromatic rings. The summed E-state index contributed by atoms with van der Waals surface area (Å²) in [5, 5.41) is 10.1. The molecule has 1 aromatic heterocycles. The van der Waals surface area contributed by atoms with Gasteiger partial charge in [-0.05, 0) is 36.4 Å². The van der Waals surface area contributed by atoms with Crippen LogP contribution < -0.4 is 10.5 Å². The number of thiazole rings is 1. The van der Waals surface area contributed by atoms with E-state index in [-0.39, 0.29) is 10.5 Å². The Morgan fingerprint density at radius 1 is 1.08 bits per heavy atom. The highest BCUT2D eigenvalue weighted by Gasteiger charge is 2.11. The molecule has 0 aliphatic rings. The molecule has 0 saturated heterocycles. The van der Waals surface area contributed by atoms with Crippen LogP contribution in [0, 0.1) is 11.6 Å². The third-order valence-electron chi connectivity index (χ3n) is 3.15. The van der Waals surface area contributed by atoms with Gasteiger partial charge in [-0.1, -0.05) is 0 Å². The highest BCUT2D eigenvalue weighted by Crippen LogP contribution is 2.29. The summed E-state index contributed by atoms with van der Waals surface area (Å²) >= 11 is 1.24. The molecule has 24 heavy (non-hydrogen) atoms. The first-order valence-corrected chi connectivity index (χ1v) is 9.06. The molecule has 3 N–H and O–H groups in total. The Bertz CT molecular complexity index is 986. The third-order valence-corrected chi connectivity index (χ3v) is 4.83. The lowest BCUT2D eigenvalue weighted by atomic mass is 10.1. The maximum Gasteiger partial charge on any atom is 0.238 e. The van der Waals surface area contributed by atoms with Crippen LogP contribution in [0.2, 0.25) is 0 Å². The number of anilines is 2. The molecule has 0 unspecified atom stereocenters. The number of hydrogen-bond acceptors (Lipinski definition) is 5. The predicted molar refractivity (Wildman–Crippen MR) is 88.6 cm³/mol. The van der Waals surface area contributed by atoms with Gasteiger partial charge in [0.2, 0.25) is 10.0 Å². The van der Waals surface area contributed by atoms with Gasteiger partial charge < -0.3 is 5.32 Å². The molecular formula is C15H11F2N3O2S2. The maximum absolute atomic E-state index is 13.8. The summed E-state index contributed by atoms with van der Waals surface area (Å²) in [5.74, 6) is -1.34. The molecule has 2 aromatic carbocycles. The van der Waals surface area contributed by atoms with Crippen LogP contribution >= 0.6 is 11.3 Å². The van der Waals surface area contributed by atoms with E-state index in [2.05, 4.69) is 10.3 Å². The van der Waals surface area contributed by atoms with Crippen molar-refractivity contribution in [1.29, 1.82) is 0 Å². The smallest absolute Gasteiger partial charge is 0.238 e. The molecule has 1 heterocycles. The highest BCUT2D eigenvalue weighted by molar-refractivity contribution is 7.89. The number of benzene rings is 2. The Kier molecular flexibility index (Phi) is 4.31. The number of sulfonamides is 1. The number of aromatic nitrogens is 1. The van der Waals surface area contributed by atoms with Gasteiger partial charge in [-0.3, -0.25) is 0 Å². The van der Waals surface area contributed by atoms with Crippen LogP contribution in [0.4, 0.5) is 19.6 Å². The van der Waals surface area contributed by atoms with Crippen molar-refractivity contribution in [2.45, 2.75) is 4.90 Å². The van der Waals surface area contributed by atoms with Crippen LogP contribution in [0.3, 0.4) is 0 Å². The molecule has 0 radical (unpaired) electrons. The normalized spacial score (nSPS) is 11.5. The van der Waals surface area contributed by atoms with Crippen molar-refractivity contribution in [3.8, 4) is 11.3 Å². The van der Waals surface area contributed by atoms with Crippen LogP contribution in [0.15, 0.2) is 52.7 Å². The van der Waals surface area contributed by atoms with Gasteiger partial charge in [-0.2, -0.15) is 0 Å². The molecular weight excluding hydrogens is 356 g/mol. The van der Waals surface area contributed by atoms with Crippen molar-refractivity contribution >= 4 is 32.2 Å². The van der Waals surface area contributed by atoms with Gasteiger partial charge in [-0.15, -0.1) is 11.3 Å². The number of nitrogens with zero attached hydrogens (tertiary/aromatic N) is 1. The van der Waals surface area contributed by atoms with E-state index in [1.165, 1.54) is 29.5 Å². The summed E-state index contributed by atoms with van der Waals surface area (Å²) in [6.07, 6.45) is 0. The quantitative estimate of drug-likeness (QED) is 0.739. The summed E-state index contributed by atoms with van der Waals surface area (Å²) in [5.41, 5.74) is 1.18. The zero-order valence-corrected chi connectivity index (χ0v) is 13.7. The first kappa shape index (κ1) is 16.5. The van der Waals surface area contributed by atoms with Crippen molar-refractivity contribution < 1.29 is 17.2 Å². The molecule has 0 atom stereocenters. The van der Waals surface area contributed by atoms with E-state index in [0.29, 0.717) is 16.5 Å². The largest absolute Gasteiger partial charge is 0.332 e. The van der Waals surface area contributed by atoms with Crippen LogP contribution in [0.1, 0.15) is 0 Å². The average Bonchev–Trinajstić information content (AvgIpc) is 2.95. The summed E-state index contributed by atoms with van der Waals surface area (Å²) < 4.78 is 49.1. The van der Waals surface area contributed by atoms with E-state index >= 15 is 0 Å². The van der Waals surface area contributed by atoms with Gasteiger partial charge in [0, 0.05) is 22.7 Å². The minimum atomic E-state index is -3.75. The molecule has 0 aliphatic carbocycles. The molecule has 0 bridgehead atoms. The monoisotopic (exact) mass is 367 g/mol. The minimum absolute atomic E-state index is 0.00117. The predicted octanol–water partition coefficient (Wildman–Crippen LogP) is 3.48. The Morgan fingerprint density at radius 3 is 2.42 bits per heavy atom. The van der Waals surface area contributed by atoms with Crippen molar-refractivity contribution in [1.82, 2.24) is 4.98 Å². The lowest BCUT2D eigenvalue weighted by molar-refractivity contribution is 0.585. The minimum Gasteiger partial charge on any atom is -0.332 e. The van der Waals surface area contributed by atoms with Crippen molar-refractivity contribution in [2.75, 3.05) is 5.32 Å². The number of hydrogen-bond donors (Lipinski definition) is 2. The Morgan fingerprint density at radius 2 is 1.79 bits per heavy atom. The van der Waals surface area contributed by atoms with E-state index in [1.54, 1.807) is 17.5 Å². The second kappa shape index (κ2) is 6.27. The molecule has 0 fully saturated rings. The van der Waals surface area contributed by atoms with E-state index < -0.39 is 21.7 Å². The molecule has 5 nitrogen and oxygen atoms in total. The number of nitrogens with one attached hydrogen (secondary N) is 1. The van der Waals surface area contributed by atoms with Crippen LogP contribution in [0.25, 0.3) is 11.3 Å². The van der Waals surface area contributed by atoms with Crippen molar-refractivity contribution in [3.63, 3.8) is 0 Å². The number of halogens is 2. The fourth-order valence-corrected chi connectivity index (χ4v) is 3.25. The fraction of sp³-hybridized carbons (Fsp3) is 0. The Hall–Kier alpha value is -2.36. The summed E-state index contributed by atoms with van der Waals surface area (Å²) in [6, 6.07) is 9.10. The van der Waals surface area contributed by atoms with Crippen LogP contribution in [0.5, 0.6) is 0 Å². The molecule has 3 rings (SSSR count). The summed E-state index contributed by atoms with van der Waals surface area (Å²) in [7, 11) is -3.75.